The van der Waals surface area contributed by atoms with Crippen molar-refractivity contribution >= 4 is 17.4 Å². The van der Waals surface area contributed by atoms with Crippen LogP contribution in [-0.2, 0) is 19.6 Å². The molecule has 0 aliphatic rings. The molecule has 1 atom stereocenters. The van der Waals surface area contributed by atoms with Gasteiger partial charge in [-0.15, -0.1) is 5.10 Å². The third-order valence-electron chi connectivity index (χ3n) is 5.38. The highest BCUT2D eigenvalue weighted by molar-refractivity contribution is 6.29. The average molecular weight is 548 g/mol. The number of aryl methyl sites for hydroxylation is 1. The second-order valence-corrected chi connectivity index (χ2v) is 8.20. The van der Waals surface area contributed by atoms with E-state index in [9.17, 15) is 27.9 Å². The number of ketones is 1. The molecule has 3 heterocycles. The zero-order valence-electron chi connectivity index (χ0n) is 20.1. The van der Waals surface area contributed by atoms with Crippen LogP contribution in [0.5, 0.6) is 11.8 Å². The number of alkyl halides is 3. The van der Waals surface area contributed by atoms with E-state index in [-0.39, 0.29) is 29.0 Å². The first kappa shape index (κ1) is 28.1. The van der Waals surface area contributed by atoms with Crippen molar-refractivity contribution in [2.45, 2.75) is 52.6 Å². The molecule has 0 fully saturated rings. The molecule has 3 aromatic rings. The van der Waals surface area contributed by atoms with Crippen molar-refractivity contribution < 1.29 is 36.9 Å². The number of Topliss-reactive ketones (excluding diaryl/α,β-unsaturated/α-hetero) is 1. The van der Waals surface area contributed by atoms with Crippen molar-refractivity contribution in [3.05, 3.63) is 56.1 Å². The molecule has 0 saturated carbocycles. The SMILES string of the molecule is CCn1c(CO)nn(-c2nc(O[C@@H](C)C(F)(F)F)c(C(=O)Cc3c(C)cc(Cl)nc3OC)cc2F)c1=O. The monoisotopic (exact) mass is 547 g/mol. The van der Waals surface area contributed by atoms with Crippen LogP contribution in [0, 0.1) is 12.7 Å². The van der Waals surface area contributed by atoms with Gasteiger partial charge in [0.1, 0.15) is 11.8 Å². The summed E-state index contributed by atoms with van der Waals surface area (Å²) < 4.78 is 66.6. The van der Waals surface area contributed by atoms with E-state index >= 15 is 4.39 Å². The zero-order chi connectivity index (χ0) is 27.7. The normalized spacial score (nSPS) is 12.5. The van der Waals surface area contributed by atoms with Gasteiger partial charge >= 0.3 is 11.9 Å². The van der Waals surface area contributed by atoms with Crippen LogP contribution in [0.15, 0.2) is 16.9 Å². The van der Waals surface area contributed by atoms with E-state index in [0.29, 0.717) is 23.2 Å². The Kier molecular flexibility index (Phi) is 8.22. The maximum atomic E-state index is 15.2. The summed E-state index contributed by atoms with van der Waals surface area (Å²) in [5, 5.41) is 13.3. The molecule has 0 amide bonds. The fraction of sp³-hybridized carbons (Fsp3) is 0.409. The highest BCUT2D eigenvalue weighted by Crippen LogP contribution is 2.30. The summed E-state index contributed by atoms with van der Waals surface area (Å²) in [6, 6.07) is 2.07. The molecule has 0 radical (unpaired) electrons. The fourth-order valence-corrected chi connectivity index (χ4v) is 3.66. The number of hydrogen-bond donors (Lipinski definition) is 1. The molecule has 15 heteroatoms. The van der Waals surface area contributed by atoms with E-state index in [1.165, 1.54) is 13.2 Å². The van der Waals surface area contributed by atoms with Gasteiger partial charge < -0.3 is 14.6 Å². The van der Waals surface area contributed by atoms with Crippen molar-refractivity contribution in [3.8, 4) is 17.6 Å². The Morgan fingerprint density at radius 1 is 1.24 bits per heavy atom. The lowest BCUT2D eigenvalue weighted by Gasteiger charge is -2.19. The van der Waals surface area contributed by atoms with E-state index in [4.69, 9.17) is 21.1 Å². The third-order valence-corrected chi connectivity index (χ3v) is 5.57. The van der Waals surface area contributed by atoms with Crippen LogP contribution in [0.2, 0.25) is 5.15 Å². The van der Waals surface area contributed by atoms with Crippen LogP contribution in [0.4, 0.5) is 17.6 Å². The van der Waals surface area contributed by atoms with Crippen molar-refractivity contribution in [3.63, 3.8) is 0 Å². The van der Waals surface area contributed by atoms with Gasteiger partial charge in [-0.25, -0.2) is 14.2 Å². The van der Waals surface area contributed by atoms with Crippen molar-refractivity contribution in [1.82, 2.24) is 24.3 Å². The fourth-order valence-electron chi connectivity index (χ4n) is 3.42. The van der Waals surface area contributed by atoms with Crippen molar-refractivity contribution in [1.29, 1.82) is 0 Å². The molecule has 200 valence electrons. The third kappa shape index (κ3) is 5.74. The predicted molar refractivity (Wildman–Crippen MR) is 122 cm³/mol. The number of hydrogen-bond acceptors (Lipinski definition) is 8. The second-order valence-electron chi connectivity index (χ2n) is 7.81. The number of aromatic nitrogens is 5. The quantitative estimate of drug-likeness (QED) is 0.246. The minimum atomic E-state index is -4.85. The van der Waals surface area contributed by atoms with Crippen LogP contribution in [-0.4, -0.2) is 54.6 Å². The number of carbonyl (C=O) groups excluding carboxylic acids is 1. The van der Waals surface area contributed by atoms with Crippen molar-refractivity contribution in [2.24, 2.45) is 0 Å². The van der Waals surface area contributed by atoms with Crippen LogP contribution in [0.25, 0.3) is 5.82 Å². The number of halogens is 5. The number of pyridine rings is 2. The lowest BCUT2D eigenvalue weighted by atomic mass is 10.0. The summed E-state index contributed by atoms with van der Waals surface area (Å²) in [5.41, 5.74) is -0.755. The predicted octanol–water partition coefficient (Wildman–Crippen LogP) is 3.20. The van der Waals surface area contributed by atoms with Crippen LogP contribution >= 0.6 is 11.6 Å². The standard InChI is InChI=1S/C22H22ClF4N5O5/c1-5-31-17(9-33)30-32(21(31)35)18-14(24)7-13(20(29-18)37-11(3)22(25,26)27)15(34)8-12-10(2)6-16(23)28-19(12)36-4/h6-7,11,33H,5,8-9H2,1-4H3/t11-/m0/s1. The first-order chi connectivity index (χ1) is 17.3. The van der Waals surface area contributed by atoms with E-state index in [2.05, 4.69) is 15.1 Å². The van der Waals surface area contributed by atoms with Gasteiger partial charge in [-0.05, 0) is 38.5 Å². The molecule has 37 heavy (non-hydrogen) atoms. The summed E-state index contributed by atoms with van der Waals surface area (Å²) >= 11 is 5.91. The molecule has 0 aliphatic carbocycles. The van der Waals surface area contributed by atoms with Gasteiger partial charge in [0.2, 0.25) is 11.8 Å². The lowest BCUT2D eigenvalue weighted by molar-refractivity contribution is -0.190. The number of ether oxygens (including phenoxy) is 2. The molecule has 0 aliphatic heterocycles. The molecule has 0 saturated heterocycles. The van der Waals surface area contributed by atoms with E-state index in [1.807, 2.05) is 0 Å². The van der Waals surface area contributed by atoms with Crippen LogP contribution in [0.3, 0.4) is 0 Å². The highest BCUT2D eigenvalue weighted by Gasteiger charge is 2.39. The summed E-state index contributed by atoms with van der Waals surface area (Å²) in [6.45, 7) is 3.26. The molecular weight excluding hydrogens is 526 g/mol. The molecule has 1 N–H and O–H groups in total. The number of aliphatic hydroxyl groups is 1. The Labute approximate surface area is 212 Å². The van der Waals surface area contributed by atoms with Gasteiger partial charge in [-0.1, -0.05) is 11.6 Å². The molecule has 3 rings (SSSR count). The van der Waals surface area contributed by atoms with E-state index in [1.54, 1.807) is 13.8 Å². The minimum absolute atomic E-state index is 0.00252. The number of nitrogens with zero attached hydrogens (tertiary/aromatic N) is 5. The molecule has 0 spiro atoms. The average Bonchev–Trinajstić information content (AvgIpc) is 3.15. The minimum Gasteiger partial charge on any atom is -0.481 e. The zero-order valence-corrected chi connectivity index (χ0v) is 20.8. The van der Waals surface area contributed by atoms with Gasteiger partial charge in [-0.2, -0.15) is 22.8 Å². The van der Waals surface area contributed by atoms with Gasteiger partial charge in [-0.3, -0.25) is 9.36 Å². The summed E-state index contributed by atoms with van der Waals surface area (Å²) in [4.78, 5) is 33.5. The molecule has 0 bridgehead atoms. The summed E-state index contributed by atoms with van der Waals surface area (Å²) in [5.74, 6) is -3.90. The number of aliphatic hydroxyl groups excluding tert-OH is 1. The number of rotatable bonds is 9. The van der Waals surface area contributed by atoms with Gasteiger partial charge in [0.25, 0.3) is 0 Å². The van der Waals surface area contributed by atoms with Crippen LogP contribution in [0.1, 0.15) is 41.2 Å². The number of carbonyl (C=O) groups is 1. The highest BCUT2D eigenvalue weighted by atomic mass is 35.5. The Morgan fingerprint density at radius 2 is 1.92 bits per heavy atom. The molecule has 3 aromatic heterocycles. The van der Waals surface area contributed by atoms with Gasteiger partial charge in [0, 0.05) is 18.5 Å². The first-order valence-electron chi connectivity index (χ1n) is 10.8. The second kappa shape index (κ2) is 10.8. The maximum absolute atomic E-state index is 15.2. The first-order valence-corrected chi connectivity index (χ1v) is 11.2. The van der Waals surface area contributed by atoms with Crippen LogP contribution < -0.4 is 15.2 Å². The molecule has 0 unspecified atom stereocenters. The van der Waals surface area contributed by atoms with Gasteiger partial charge in [0.15, 0.2) is 29.3 Å². The summed E-state index contributed by atoms with van der Waals surface area (Å²) in [6.07, 6.45) is -7.74. The molecular formula is C22H22ClF4N5O5. The summed E-state index contributed by atoms with van der Waals surface area (Å²) in [7, 11) is 1.29. The Hall–Kier alpha value is -3.52. The molecule has 10 nitrogen and oxygen atoms in total. The topological polar surface area (TPSA) is 121 Å². The Bertz CT molecular complexity index is 1390. The molecule has 0 aromatic carbocycles. The van der Waals surface area contributed by atoms with E-state index in [0.717, 1.165) is 4.57 Å². The number of methoxy groups -OCH3 is 1. The lowest BCUT2D eigenvalue weighted by Crippen LogP contribution is -2.32. The van der Waals surface area contributed by atoms with Gasteiger partial charge in [0.05, 0.1) is 12.7 Å². The van der Waals surface area contributed by atoms with Crippen molar-refractivity contribution in [2.75, 3.05) is 7.11 Å². The Morgan fingerprint density at radius 3 is 2.46 bits per heavy atom. The maximum Gasteiger partial charge on any atom is 0.425 e. The smallest absolute Gasteiger partial charge is 0.425 e. The van der Waals surface area contributed by atoms with E-state index < -0.39 is 59.9 Å². The Balaban J connectivity index is 2.16. The largest absolute Gasteiger partial charge is 0.481 e.